The SMILES string of the molecule is C[N+]1(C)CCC(OC(=O)Nc2ccccc2-c2ccccc2)CC1.[I-]. The van der Waals surface area contributed by atoms with Crippen LogP contribution in [0.15, 0.2) is 54.6 Å². The molecule has 1 aliphatic heterocycles. The number of rotatable bonds is 3. The molecule has 0 aromatic heterocycles. The molecular weight excluding hydrogens is 427 g/mol. The molecule has 25 heavy (non-hydrogen) atoms. The van der Waals surface area contributed by atoms with Crippen molar-refractivity contribution in [2.24, 2.45) is 0 Å². The molecule has 134 valence electrons. The lowest BCUT2D eigenvalue weighted by Gasteiger charge is -2.36. The highest BCUT2D eigenvalue weighted by Gasteiger charge is 2.28. The molecule has 1 saturated heterocycles. The van der Waals surface area contributed by atoms with Gasteiger partial charge in [0.25, 0.3) is 0 Å². The van der Waals surface area contributed by atoms with Gasteiger partial charge in [-0.1, -0.05) is 48.5 Å². The monoisotopic (exact) mass is 452 g/mol. The van der Waals surface area contributed by atoms with Crippen molar-refractivity contribution < 1.29 is 38.0 Å². The van der Waals surface area contributed by atoms with E-state index in [0.29, 0.717) is 0 Å². The zero-order valence-corrected chi connectivity index (χ0v) is 16.9. The van der Waals surface area contributed by atoms with Crippen LogP contribution in [0, 0.1) is 0 Å². The van der Waals surface area contributed by atoms with Crippen molar-refractivity contribution in [1.29, 1.82) is 0 Å². The lowest BCUT2D eigenvalue weighted by atomic mass is 10.0. The fourth-order valence-electron chi connectivity index (χ4n) is 3.11. The minimum absolute atomic E-state index is 0. The minimum atomic E-state index is -0.365. The van der Waals surface area contributed by atoms with Crippen molar-refractivity contribution in [3.63, 3.8) is 0 Å². The smallest absolute Gasteiger partial charge is 0.411 e. The van der Waals surface area contributed by atoms with Crippen LogP contribution in [0.3, 0.4) is 0 Å². The van der Waals surface area contributed by atoms with E-state index in [0.717, 1.165) is 47.2 Å². The summed E-state index contributed by atoms with van der Waals surface area (Å²) < 4.78 is 6.62. The highest BCUT2D eigenvalue weighted by Crippen LogP contribution is 2.28. The first-order valence-corrected chi connectivity index (χ1v) is 8.48. The lowest BCUT2D eigenvalue weighted by Crippen LogP contribution is -3.00. The number of halogens is 1. The Labute approximate surface area is 166 Å². The van der Waals surface area contributed by atoms with Gasteiger partial charge < -0.3 is 33.2 Å². The number of hydrogen-bond acceptors (Lipinski definition) is 2. The molecule has 0 bridgehead atoms. The first kappa shape index (κ1) is 19.7. The molecule has 2 aromatic carbocycles. The number of carbonyl (C=O) groups excluding carboxylic acids is 1. The zero-order chi connectivity index (χ0) is 17.0. The minimum Gasteiger partial charge on any atom is -1.00 e. The van der Waals surface area contributed by atoms with Gasteiger partial charge in [0.05, 0.1) is 32.9 Å². The maximum Gasteiger partial charge on any atom is 0.411 e. The quantitative estimate of drug-likeness (QED) is 0.561. The Morgan fingerprint density at radius 3 is 2.28 bits per heavy atom. The molecule has 0 atom stereocenters. The number of carbonyl (C=O) groups is 1. The van der Waals surface area contributed by atoms with Gasteiger partial charge in [-0.15, -0.1) is 0 Å². The van der Waals surface area contributed by atoms with E-state index in [1.165, 1.54) is 0 Å². The molecular formula is C20H25IN2O2. The van der Waals surface area contributed by atoms with Crippen molar-refractivity contribution in [1.82, 2.24) is 0 Å². The standard InChI is InChI=1S/C20H24N2O2.HI/c1-22(2)14-12-17(13-15-22)24-20(23)21-19-11-7-6-10-18(19)16-8-4-3-5-9-16;/h3-11,17H,12-15H2,1-2H3;1H. The Morgan fingerprint density at radius 1 is 1.00 bits per heavy atom. The van der Waals surface area contributed by atoms with Crippen LogP contribution < -0.4 is 29.3 Å². The van der Waals surface area contributed by atoms with Gasteiger partial charge in [-0.2, -0.15) is 0 Å². The Morgan fingerprint density at radius 2 is 1.60 bits per heavy atom. The second kappa shape index (κ2) is 8.67. The highest BCUT2D eigenvalue weighted by atomic mass is 127. The summed E-state index contributed by atoms with van der Waals surface area (Å²) in [6.45, 7) is 2.08. The van der Waals surface area contributed by atoms with Crippen molar-refractivity contribution in [3.05, 3.63) is 54.6 Å². The van der Waals surface area contributed by atoms with E-state index >= 15 is 0 Å². The van der Waals surface area contributed by atoms with E-state index < -0.39 is 0 Å². The molecule has 1 heterocycles. The number of para-hydroxylation sites is 1. The molecule has 2 aromatic rings. The predicted octanol–water partition coefficient (Wildman–Crippen LogP) is 1.14. The van der Waals surface area contributed by atoms with Gasteiger partial charge in [0, 0.05) is 18.4 Å². The second-order valence-corrected chi connectivity index (χ2v) is 7.02. The molecule has 0 aliphatic carbocycles. The number of piperidine rings is 1. The number of amides is 1. The maximum atomic E-state index is 12.3. The van der Waals surface area contributed by atoms with Crippen molar-refractivity contribution in [3.8, 4) is 11.1 Å². The summed E-state index contributed by atoms with van der Waals surface area (Å²) in [6, 6.07) is 17.8. The number of nitrogens with one attached hydrogen (secondary N) is 1. The Balaban J connectivity index is 0.00000225. The van der Waals surface area contributed by atoms with Crippen LogP contribution in [0.2, 0.25) is 0 Å². The van der Waals surface area contributed by atoms with Crippen LogP contribution in [-0.2, 0) is 4.74 Å². The molecule has 5 heteroatoms. The largest absolute Gasteiger partial charge is 1.00 e. The first-order valence-electron chi connectivity index (χ1n) is 8.48. The van der Waals surface area contributed by atoms with Crippen LogP contribution in [-0.4, -0.2) is 43.9 Å². The molecule has 1 N–H and O–H groups in total. The van der Waals surface area contributed by atoms with Crippen LogP contribution in [0.5, 0.6) is 0 Å². The fourth-order valence-corrected chi connectivity index (χ4v) is 3.11. The molecule has 0 spiro atoms. The van der Waals surface area contributed by atoms with E-state index in [-0.39, 0.29) is 36.2 Å². The summed E-state index contributed by atoms with van der Waals surface area (Å²) >= 11 is 0. The Kier molecular flexibility index (Phi) is 6.84. The molecule has 1 amide bonds. The predicted molar refractivity (Wildman–Crippen MR) is 96.8 cm³/mol. The summed E-state index contributed by atoms with van der Waals surface area (Å²) in [5.74, 6) is 0. The molecule has 0 radical (unpaired) electrons. The van der Waals surface area contributed by atoms with Crippen molar-refractivity contribution >= 4 is 11.8 Å². The van der Waals surface area contributed by atoms with Crippen LogP contribution in [0.4, 0.5) is 10.5 Å². The number of nitrogens with zero attached hydrogens (tertiary/aromatic N) is 1. The molecule has 1 fully saturated rings. The summed E-state index contributed by atoms with van der Waals surface area (Å²) in [6.07, 6.45) is 1.48. The molecule has 4 nitrogen and oxygen atoms in total. The van der Waals surface area contributed by atoms with Gasteiger partial charge in [0.15, 0.2) is 0 Å². The Bertz CT molecular complexity index is 694. The normalized spacial score (nSPS) is 16.6. The van der Waals surface area contributed by atoms with E-state index in [1.54, 1.807) is 0 Å². The average Bonchev–Trinajstić information content (AvgIpc) is 2.58. The van der Waals surface area contributed by atoms with Gasteiger partial charge in [-0.05, 0) is 11.6 Å². The number of likely N-dealkylation sites (tertiary alicyclic amines) is 1. The van der Waals surface area contributed by atoms with Crippen molar-refractivity contribution in [2.45, 2.75) is 18.9 Å². The van der Waals surface area contributed by atoms with Gasteiger partial charge in [-0.25, -0.2) is 4.79 Å². The maximum absolute atomic E-state index is 12.3. The summed E-state index contributed by atoms with van der Waals surface area (Å²) in [5, 5.41) is 2.91. The lowest BCUT2D eigenvalue weighted by molar-refractivity contribution is -0.896. The van der Waals surface area contributed by atoms with E-state index in [2.05, 4.69) is 19.4 Å². The third kappa shape index (κ3) is 5.44. The highest BCUT2D eigenvalue weighted by molar-refractivity contribution is 5.91. The number of hydrogen-bond donors (Lipinski definition) is 1. The van der Waals surface area contributed by atoms with Gasteiger partial charge in [-0.3, -0.25) is 5.32 Å². The number of anilines is 1. The molecule has 0 saturated carbocycles. The average molecular weight is 452 g/mol. The van der Waals surface area contributed by atoms with Crippen molar-refractivity contribution in [2.75, 3.05) is 32.5 Å². The summed E-state index contributed by atoms with van der Waals surface area (Å²) in [4.78, 5) is 12.3. The third-order valence-corrected chi connectivity index (χ3v) is 4.64. The van der Waals surface area contributed by atoms with E-state index in [9.17, 15) is 4.79 Å². The first-order chi connectivity index (χ1) is 11.5. The molecule has 0 unspecified atom stereocenters. The zero-order valence-electron chi connectivity index (χ0n) is 14.7. The Hall–Kier alpha value is -1.60. The molecule has 3 rings (SSSR count). The van der Waals surface area contributed by atoms with Crippen LogP contribution in [0.25, 0.3) is 11.1 Å². The number of quaternary nitrogens is 1. The van der Waals surface area contributed by atoms with Gasteiger partial charge in [0.2, 0.25) is 0 Å². The third-order valence-electron chi connectivity index (χ3n) is 4.64. The number of ether oxygens (including phenoxy) is 1. The molecule has 1 aliphatic rings. The summed E-state index contributed by atoms with van der Waals surface area (Å²) in [5.41, 5.74) is 2.85. The van der Waals surface area contributed by atoms with Gasteiger partial charge in [0.1, 0.15) is 6.10 Å². The van der Waals surface area contributed by atoms with Crippen LogP contribution >= 0.6 is 0 Å². The van der Waals surface area contributed by atoms with E-state index in [1.807, 2.05) is 54.6 Å². The topological polar surface area (TPSA) is 38.3 Å². The summed E-state index contributed by atoms with van der Waals surface area (Å²) in [7, 11) is 4.43. The van der Waals surface area contributed by atoms with E-state index in [4.69, 9.17) is 4.74 Å². The van der Waals surface area contributed by atoms with Crippen LogP contribution in [0.1, 0.15) is 12.8 Å². The second-order valence-electron chi connectivity index (χ2n) is 7.02. The van der Waals surface area contributed by atoms with Gasteiger partial charge >= 0.3 is 6.09 Å². The fraction of sp³-hybridized carbons (Fsp3) is 0.350. The number of benzene rings is 2.